The number of hydrogen-bond donors (Lipinski definition) is 1. The number of halogens is 4. The first-order chi connectivity index (χ1) is 19.2. The Kier molecular flexibility index (Phi) is 7.79. The predicted octanol–water partition coefficient (Wildman–Crippen LogP) is 8.33. The minimum absolute atomic E-state index is 0.136. The van der Waals surface area contributed by atoms with Crippen LogP contribution >= 0.6 is 0 Å². The number of Topliss-reactive ketones (excluding diaryl/α,β-unsaturated/α-hetero) is 1. The molecule has 2 atom stereocenters. The normalized spacial score (nSPS) is 19.0. The van der Waals surface area contributed by atoms with Crippen molar-refractivity contribution >= 4 is 23.1 Å². The van der Waals surface area contributed by atoms with Gasteiger partial charge in [-0.3, -0.25) is 14.5 Å². The molecule has 40 heavy (non-hydrogen) atoms. The van der Waals surface area contributed by atoms with E-state index in [2.05, 4.69) is 5.32 Å². The molecule has 5 rings (SSSR count). The van der Waals surface area contributed by atoms with Gasteiger partial charge in [0.2, 0.25) is 5.91 Å². The molecule has 208 valence electrons. The monoisotopic (exact) mass is 550 g/mol. The van der Waals surface area contributed by atoms with E-state index in [1.807, 2.05) is 19.1 Å². The van der Waals surface area contributed by atoms with Gasteiger partial charge in [0.1, 0.15) is 5.82 Å². The fraction of sp³-hybridized carbons (Fsp3) is 0.312. The van der Waals surface area contributed by atoms with Crippen LogP contribution < -0.4 is 10.2 Å². The number of amides is 1. The molecule has 1 N–H and O–H groups in total. The van der Waals surface area contributed by atoms with E-state index in [0.717, 1.165) is 30.5 Å². The lowest BCUT2D eigenvalue weighted by Crippen LogP contribution is -2.38. The third-order valence-corrected chi connectivity index (χ3v) is 7.65. The number of nitrogens with zero attached hydrogens (tertiary/aromatic N) is 1. The first-order valence-electron chi connectivity index (χ1n) is 13.5. The van der Waals surface area contributed by atoms with E-state index in [1.54, 1.807) is 29.2 Å². The van der Waals surface area contributed by atoms with Crippen molar-refractivity contribution in [3.8, 4) is 0 Å². The molecule has 1 amide bonds. The topological polar surface area (TPSA) is 49.4 Å². The second-order valence-corrected chi connectivity index (χ2v) is 10.4. The smallest absolute Gasteiger partial charge is 0.357 e. The van der Waals surface area contributed by atoms with Crippen molar-refractivity contribution in [2.24, 2.45) is 0 Å². The first kappa shape index (κ1) is 27.6. The lowest BCUT2D eigenvalue weighted by molar-refractivity contribution is -0.137. The molecule has 4 nitrogen and oxygen atoms in total. The minimum Gasteiger partial charge on any atom is -0.357 e. The summed E-state index contributed by atoms with van der Waals surface area (Å²) in [6, 6.07) is 17.1. The quantitative estimate of drug-likeness (QED) is 0.248. The molecule has 1 heterocycles. The molecule has 3 aromatic rings. The second kappa shape index (κ2) is 11.3. The molecule has 0 unspecified atom stereocenters. The van der Waals surface area contributed by atoms with Crippen LogP contribution in [0.3, 0.4) is 0 Å². The molecule has 0 fully saturated rings. The molecule has 1 aliphatic carbocycles. The summed E-state index contributed by atoms with van der Waals surface area (Å²) in [5, 5.41) is 3.40. The molecule has 2 aliphatic rings. The standard InChI is InChI=1S/C32H30F4N2O2/c1-2-3-4-9-29(40)38-27-8-6-5-7-25(27)37-26-18-22(20-12-16-24(33)17-13-20)19-28(39)30(26)31(38)21-10-14-23(15-11-21)32(34,35)36/h5-8,10-17,22,31,37H,2-4,9,18-19H2,1H3/t22-,31+/m0/s1. The van der Waals surface area contributed by atoms with Gasteiger partial charge in [0.05, 0.1) is 23.0 Å². The number of rotatable bonds is 6. The van der Waals surface area contributed by atoms with E-state index < -0.39 is 17.8 Å². The van der Waals surface area contributed by atoms with Gasteiger partial charge in [-0.15, -0.1) is 0 Å². The Morgan fingerprint density at radius 2 is 1.60 bits per heavy atom. The highest BCUT2D eigenvalue weighted by atomic mass is 19.4. The van der Waals surface area contributed by atoms with Crippen LogP contribution in [0.5, 0.6) is 0 Å². The SMILES string of the molecule is CCCCCC(=O)N1c2ccccc2NC2=C(C(=O)C[C@@H](c3ccc(F)cc3)C2)[C@H]1c1ccc(C(F)(F)F)cc1. The number of alkyl halides is 3. The van der Waals surface area contributed by atoms with E-state index in [9.17, 15) is 27.2 Å². The van der Waals surface area contributed by atoms with Gasteiger partial charge < -0.3 is 5.32 Å². The summed E-state index contributed by atoms with van der Waals surface area (Å²) in [4.78, 5) is 29.4. The molecular formula is C32H30F4N2O2. The van der Waals surface area contributed by atoms with Crippen LogP contribution in [0.15, 0.2) is 84.1 Å². The van der Waals surface area contributed by atoms with Gasteiger partial charge in [-0.1, -0.05) is 56.2 Å². The zero-order valence-corrected chi connectivity index (χ0v) is 22.1. The third kappa shape index (κ3) is 5.53. The summed E-state index contributed by atoms with van der Waals surface area (Å²) < 4.78 is 53.8. The fourth-order valence-corrected chi connectivity index (χ4v) is 5.65. The minimum atomic E-state index is -4.51. The van der Waals surface area contributed by atoms with Gasteiger partial charge in [-0.05, 0) is 66.3 Å². The Labute approximate surface area is 230 Å². The van der Waals surface area contributed by atoms with Gasteiger partial charge >= 0.3 is 6.18 Å². The van der Waals surface area contributed by atoms with Crippen LogP contribution in [-0.4, -0.2) is 11.7 Å². The maximum absolute atomic E-state index is 13.9. The van der Waals surface area contributed by atoms with E-state index in [4.69, 9.17) is 0 Å². The van der Waals surface area contributed by atoms with Gasteiger partial charge in [0.25, 0.3) is 0 Å². The Balaban J connectivity index is 1.66. The summed E-state index contributed by atoms with van der Waals surface area (Å²) in [6.45, 7) is 2.04. The number of ketones is 1. The zero-order chi connectivity index (χ0) is 28.4. The van der Waals surface area contributed by atoms with E-state index in [1.165, 1.54) is 24.3 Å². The maximum atomic E-state index is 13.9. The average Bonchev–Trinajstić information content (AvgIpc) is 3.08. The number of fused-ring (bicyclic) bond motifs is 1. The van der Waals surface area contributed by atoms with Gasteiger partial charge in [0, 0.05) is 24.1 Å². The molecule has 3 aromatic carbocycles. The van der Waals surface area contributed by atoms with Crippen molar-refractivity contribution in [2.45, 2.75) is 63.6 Å². The molecular weight excluding hydrogens is 520 g/mol. The Hall–Kier alpha value is -3.94. The van der Waals surface area contributed by atoms with Crippen molar-refractivity contribution in [1.29, 1.82) is 0 Å². The van der Waals surface area contributed by atoms with Crippen molar-refractivity contribution in [2.75, 3.05) is 10.2 Å². The predicted molar refractivity (Wildman–Crippen MR) is 146 cm³/mol. The summed E-state index contributed by atoms with van der Waals surface area (Å²) in [5.41, 5.74) is 2.64. The molecule has 0 radical (unpaired) electrons. The first-order valence-corrected chi connectivity index (χ1v) is 13.5. The highest BCUT2D eigenvalue weighted by Gasteiger charge is 2.42. The second-order valence-electron chi connectivity index (χ2n) is 10.4. The summed E-state index contributed by atoms with van der Waals surface area (Å²) in [6.07, 6.45) is -1.27. The van der Waals surface area contributed by atoms with E-state index in [0.29, 0.717) is 41.1 Å². The molecule has 0 bridgehead atoms. The number of benzene rings is 3. The highest BCUT2D eigenvalue weighted by molar-refractivity contribution is 6.06. The Bertz CT molecular complexity index is 1430. The summed E-state index contributed by atoms with van der Waals surface area (Å²) >= 11 is 0. The molecule has 8 heteroatoms. The van der Waals surface area contributed by atoms with Crippen LogP contribution in [0.2, 0.25) is 0 Å². The Morgan fingerprint density at radius 3 is 2.27 bits per heavy atom. The third-order valence-electron chi connectivity index (χ3n) is 7.65. The Morgan fingerprint density at radius 1 is 0.925 bits per heavy atom. The van der Waals surface area contributed by atoms with Crippen LogP contribution in [0, 0.1) is 5.82 Å². The van der Waals surface area contributed by atoms with Crippen molar-refractivity contribution in [3.63, 3.8) is 0 Å². The zero-order valence-electron chi connectivity index (χ0n) is 22.1. The summed E-state index contributed by atoms with van der Waals surface area (Å²) in [5.74, 6) is -0.986. The lowest BCUT2D eigenvalue weighted by atomic mass is 9.78. The number of allylic oxidation sites excluding steroid dienone is 1. The number of carbonyl (C=O) groups is 2. The lowest BCUT2D eigenvalue weighted by Gasteiger charge is -2.35. The fourth-order valence-electron chi connectivity index (χ4n) is 5.65. The number of nitrogens with one attached hydrogen (secondary N) is 1. The van der Waals surface area contributed by atoms with Crippen LogP contribution in [0.4, 0.5) is 28.9 Å². The number of carbonyl (C=O) groups excluding carboxylic acids is 2. The average molecular weight is 551 g/mol. The number of hydrogen-bond acceptors (Lipinski definition) is 3. The molecule has 0 spiro atoms. The van der Waals surface area contributed by atoms with Crippen molar-refractivity contribution in [3.05, 3.63) is 107 Å². The summed E-state index contributed by atoms with van der Waals surface area (Å²) in [7, 11) is 0. The van der Waals surface area contributed by atoms with Gasteiger partial charge in [0.15, 0.2) is 5.78 Å². The van der Waals surface area contributed by atoms with Crippen LogP contribution in [0.1, 0.15) is 74.1 Å². The van der Waals surface area contributed by atoms with E-state index >= 15 is 0 Å². The van der Waals surface area contributed by atoms with Crippen LogP contribution in [-0.2, 0) is 15.8 Å². The number of unbranched alkanes of at least 4 members (excludes halogenated alkanes) is 2. The van der Waals surface area contributed by atoms with Gasteiger partial charge in [-0.25, -0.2) is 4.39 Å². The molecule has 0 aromatic heterocycles. The maximum Gasteiger partial charge on any atom is 0.416 e. The number of para-hydroxylation sites is 2. The molecule has 1 aliphatic heterocycles. The highest BCUT2D eigenvalue weighted by Crippen LogP contribution is 2.48. The number of anilines is 2. The van der Waals surface area contributed by atoms with Crippen molar-refractivity contribution < 1.29 is 27.2 Å². The largest absolute Gasteiger partial charge is 0.416 e. The molecule has 0 saturated carbocycles. The van der Waals surface area contributed by atoms with Gasteiger partial charge in [-0.2, -0.15) is 13.2 Å². The van der Waals surface area contributed by atoms with Crippen molar-refractivity contribution in [1.82, 2.24) is 0 Å². The van der Waals surface area contributed by atoms with Crippen LogP contribution in [0.25, 0.3) is 0 Å². The molecule has 0 saturated heterocycles. The van der Waals surface area contributed by atoms with E-state index in [-0.39, 0.29) is 36.3 Å².